The minimum atomic E-state index is -3.51. The van der Waals surface area contributed by atoms with Crippen molar-refractivity contribution in [3.63, 3.8) is 0 Å². The van der Waals surface area contributed by atoms with Gasteiger partial charge in [-0.15, -0.1) is 0 Å². The Balaban J connectivity index is 2.65. The van der Waals surface area contributed by atoms with Crippen molar-refractivity contribution in [2.45, 2.75) is 50.0 Å². The molecule has 1 N–H and O–H groups in total. The van der Waals surface area contributed by atoms with Crippen LogP contribution in [0.2, 0.25) is 0 Å². The predicted molar refractivity (Wildman–Crippen MR) is 79.9 cm³/mol. The number of hydrogen-bond donors (Lipinski definition) is 1. The third-order valence-corrected chi connectivity index (χ3v) is 5.66. The SMILES string of the molecule is CCC(CC)C(Br)CNS(=O)(=O)c1cn(CC)cn1. The van der Waals surface area contributed by atoms with Gasteiger partial charge in [0.05, 0.1) is 6.33 Å². The number of nitrogens with one attached hydrogen (secondary N) is 1. The van der Waals surface area contributed by atoms with Gasteiger partial charge < -0.3 is 4.57 Å². The molecule has 19 heavy (non-hydrogen) atoms. The van der Waals surface area contributed by atoms with Crippen LogP contribution in [-0.4, -0.2) is 29.3 Å². The van der Waals surface area contributed by atoms with Gasteiger partial charge in [0.25, 0.3) is 10.0 Å². The van der Waals surface area contributed by atoms with Crippen molar-refractivity contribution in [1.29, 1.82) is 0 Å². The first-order valence-electron chi connectivity index (χ1n) is 6.60. The fourth-order valence-electron chi connectivity index (χ4n) is 1.88. The second kappa shape index (κ2) is 7.40. The highest BCUT2D eigenvalue weighted by Crippen LogP contribution is 2.20. The highest BCUT2D eigenvalue weighted by Gasteiger charge is 2.21. The Morgan fingerprint density at radius 2 is 2.00 bits per heavy atom. The number of aromatic nitrogens is 2. The lowest BCUT2D eigenvalue weighted by atomic mass is 10.00. The molecule has 110 valence electrons. The number of nitrogens with zero attached hydrogens (tertiary/aromatic N) is 2. The zero-order valence-corrected chi connectivity index (χ0v) is 14.0. The monoisotopic (exact) mass is 351 g/mol. The summed E-state index contributed by atoms with van der Waals surface area (Å²) in [5, 5.41) is 0.0820. The topological polar surface area (TPSA) is 64.0 Å². The molecule has 0 saturated carbocycles. The molecule has 0 fully saturated rings. The number of sulfonamides is 1. The summed E-state index contributed by atoms with van der Waals surface area (Å²) in [4.78, 5) is 4.06. The van der Waals surface area contributed by atoms with Crippen LogP contribution in [0.3, 0.4) is 0 Å². The zero-order valence-electron chi connectivity index (χ0n) is 11.6. The molecule has 0 saturated heterocycles. The lowest BCUT2D eigenvalue weighted by Crippen LogP contribution is -2.33. The van der Waals surface area contributed by atoms with Crippen LogP contribution in [0.15, 0.2) is 17.6 Å². The van der Waals surface area contributed by atoms with Crippen LogP contribution in [0.1, 0.15) is 33.6 Å². The summed E-state index contributed by atoms with van der Waals surface area (Å²) in [6.45, 7) is 7.25. The molecular formula is C12H22BrN3O2S. The maximum Gasteiger partial charge on any atom is 0.259 e. The van der Waals surface area contributed by atoms with Crippen LogP contribution in [0.5, 0.6) is 0 Å². The Hall–Kier alpha value is -0.400. The van der Waals surface area contributed by atoms with E-state index in [1.165, 1.54) is 6.33 Å². The summed E-state index contributed by atoms with van der Waals surface area (Å²) in [7, 11) is -3.51. The highest BCUT2D eigenvalue weighted by molar-refractivity contribution is 9.09. The summed E-state index contributed by atoms with van der Waals surface area (Å²) in [6, 6.07) is 0. The van der Waals surface area contributed by atoms with Crippen LogP contribution >= 0.6 is 15.9 Å². The molecule has 0 aliphatic rings. The van der Waals surface area contributed by atoms with Crippen molar-refractivity contribution < 1.29 is 8.42 Å². The lowest BCUT2D eigenvalue weighted by Gasteiger charge is -2.19. The van der Waals surface area contributed by atoms with Gasteiger partial charge in [0.15, 0.2) is 5.03 Å². The second-order valence-electron chi connectivity index (χ2n) is 4.49. The Labute approximate surface area is 124 Å². The van der Waals surface area contributed by atoms with Crippen molar-refractivity contribution >= 4 is 26.0 Å². The average molecular weight is 352 g/mol. The Bertz CT molecular complexity index is 483. The maximum absolute atomic E-state index is 12.1. The van der Waals surface area contributed by atoms with Gasteiger partial charge in [-0.2, -0.15) is 0 Å². The van der Waals surface area contributed by atoms with Crippen molar-refractivity contribution in [1.82, 2.24) is 14.3 Å². The third kappa shape index (κ3) is 4.57. The predicted octanol–water partition coefficient (Wildman–Crippen LogP) is 2.38. The summed E-state index contributed by atoms with van der Waals surface area (Å²) >= 11 is 3.56. The van der Waals surface area contributed by atoms with E-state index in [1.54, 1.807) is 10.8 Å². The number of hydrogen-bond acceptors (Lipinski definition) is 3. The molecule has 1 rings (SSSR count). The van der Waals surface area contributed by atoms with Gasteiger partial charge in [-0.25, -0.2) is 18.1 Å². The molecule has 1 aromatic rings. The minimum Gasteiger partial charge on any atom is -0.336 e. The molecule has 0 aliphatic heterocycles. The Kier molecular flexibility index (Phi) is 6.49. The summed E-state index contributed by atoms with van der Waals surface area (Å²) in [5.74, 6) is 0.468. The normalized spacial score (nSPS) is 13.9. The second-order valence-corrected chi connectivity index (χ2v) is 7.38. The first kappa shape index (κ1) is 16.7. The minimum absolute atomic E-state index is 0.0820. The molecule has 0 radical (unpaired) electrons. The van der Waals surface area contributed by atoms with Crippen molar-refractivity contribution in [2.75, 3.05) is 6.54 Å². The largest absolute Gasteiger partial charge is 0.336 e. The van der Waals surface area contributed by atoms with E-state index in [2.05, 4.69) is 39.5 Å². The zero-order chi connectivity index (χ0) is 14.5. The molecule has 7 heteroatoms. The van der Waals surface area contributed by atoms with Gasteiger partial charge in [-0.05, 0) is 12.8 Å². The van der Waals surface area contributed by atoms with Crippen LogP contribution in [0, 0.1) is 5.92 Å². The quantitative estimate of drug-likeness (QED) is 0.731. The smallest absolute Gasteiger partial charge is 0.259 e. The van der Waals surface area contributed by atoms with E-state index in [4.69, 9.17) is 0 Å². The molecule has 1 aromatic heterocycles. The summed E-state index contributed by atoms with van der Waals surface area (Å²) < 4.78 is 28.5. The fraction of sp³-hybridized carbons (Fsp3) is 0.750. The molecular weight excluding hydrogens is 330 g/mol. The van der Waals surface area contributed by atoms with E-state index in [1.807, 2.05) is 6.92 Å². The number of imidazole rings is 1. The Morgan fingerprint density at radius 3 is 2.47 bits per heavy atom. The average Bonchev–Trinajstić information content (AvgIpc) is 2.87. The van der Waals surface area contributed by atoms with E-state index in [9.17, 15) is 8.42 Å². The van der Waals surface area contributed by atoms with E-state index in [0.29, 0.717) is 19.0 Å². The van der Waals surface area contributed by atoms with Crippen molar-refractivity contribution in [3.05, 3.63) is 12.5 Å². The summed E-state index contributed by atoms with van der Waals surface area (Å²) in [5.41, 5.74) is 0. The third-order valence-electron chi connectivity index (χ3n) is 3.28. The van der Waals surface area contributed by atoms with Gasteiger partial charge in [0.2, 0.25) is 0 Å². The molecule has 0 aliphatic carbocycles. The Morgan fingerprint density at radius 1 is 1.37 bits per heavy atom. The lowest BCUT2D eigenvalue weighted by molar-refractivity contribution is 0.470. The maximum atomic E-state index is 12.1. The van der Waals surface area contributed by atoms with Gasteiger partial charge in [0, 0.05) is 24.1 Å². The molecule has 0 bridgehead atoms. The number of alkyl halides is 1. The molecule has 1 heterocycles. The molecule has 0 aromatic carbocycles. The van der Waals surface area contributed by atoms with Gasteiger partial charge in [-0.3, -0.25) is 0 Å². The first-order chi connectivity index (χ1) is 8.94. The molecule has 0 spiro atoms. The standard InChI is InChI=1S/C12H22BrN3O2S/c1-4-10(5-2)11(13)7-15-19(17,18)12-8-16(6-3)9-14-12/h8-11,15H,4-7H2,1-3H3. The molecule has 0 amide bonds. The van der Waals surface area contributed by atoms with Crippen molar-refractivity contribution in [2.24, 2.45) is 5.92 Å². The number of halogens is 1. The number of rotatable bonds is 8. The van der Waals surface area contributed by atoms with Gasteiger partial charge >= 0.3 is 0 Å². The highest BCUT2D eigenvalue weighted by atomic mass is 79.9. The molecule has 1 atom stereocenters. The van der Waals surface area contributed by atoms with Crippen LogP contribution in [0.25, 0.3) is 0 Å². The van der Waals surface area contributed by atoms with E-state index in [0.717, 1.165) is 12.8 Å². The molecule has 1 unspecified atom stereocenters. The summed E-state index contributed by atoms with van der Waals surface area (Å²) in [6.07, 6.45) is 5.13. The van der Waals surface area contributed by atoms with Gasteiger partial charge in [-0.1, -0.05) is 42.6 Å². The molecule has 5 nitrogen and oxygen atoms in total. The van der Waals surface area contributed by atoms with Gasteiger partial charge in [0.1, 0.15) is 0 Å². The van der Waals surface area contributed by atoms with E-state index < -0.39 is 10.0 Å². The van der Waals surface area contributed by atoms with E-state index in [-0.39, 0.29) is 9.85 Å². The van der Waals surface area contributed by atoms with Crippen molar-refractivity contribution in [3.8, 4) is 0 Å². The first-order valence-corrected chi connectivity index (χ1v) is 8.99. The van der Waals surface area contributed by atoms with Crippen LogP contribution in [-0.2, 0) is 16.6 Å². The van der Waals surface area contributed by atoms with Crippen LogP contribution in [0.4, 0.5) is 0 Å². The number of aryl methyl sites for hydroxylation is 1. The van der Waals surface area contributed by atoms with Crippen LogP contribution < -0.4 is 4.72 Å². The fourth-order valence-corrected chi connectivity index (χ4v) is 4.01. The van der Waals surface area contributed by atoms with E-state index >= 15 is 0 Å².